The molecule has 0 aromatic carbocycles. The summed E-state index contributed by atoms with van der Waals surface area (Å²) in [4.78, 5) is 21.8. The first kappa shape index (κ1) is 7.79. The fraction of sp³-hybridized carbons (Fsp3) is 0.400. The summed E-state index contributed by atoms with van der Waals surface area (Å²) in [6.45, 7) is 0. The molecule has 72 valence electrons. The highest BCUT2D eigenvalue weighted by Crippen LogP contribution is 2.33. The van der Waals surface area contributed by atoms with Gasteiger partial charge in [0.05, 0.1) is 5.39 Å². The lowest BCUT2D eigenvalue weighted by molar-refractivity contribution is 0.401. The molecule has 2 aromatic heterocycles. The molecule has 0 bridgehead atoms. The quantitative estimate of drug-likeness (QED) is 0.714. The molecular weight excluding hydrogens is 178 g/mol. The smallest absolute Gasteiger partial charge is 0.260 e. The zero-order valence-electron chi connectivity index (χ0n) is 7.71. The van der Waals surface area contributed by atoms with Gasteiger partial charge in [-0.3, -0.25) is 4.79 Å². The van der Waals surface area contributed by atoms with Crippen LogP contribution in [-0.2, 0) is 0 Å². The highest BCUT2D eigenvalue weighted by molar-refractivity contribution is 5.73. The van der Waals surface area contributed by atoms with E-state index in [-0.39, 0.29) is 5.56 Å². The monoisotopic (exact) mass is 189 g/mol. The number of H-pyrrole nitrogens is 2. The maximum atomic E-state index is 11.6. The third-order valence-electron chi connectivity index (χ3n) is 2.94. The molecule has 0 radical (unpaired) electrons. The van der Waals surface area contributed by atoms with Gasteiger partial charge in [-0.25, -0.2) is 4.98 Å². The number of aromatic amines is 2. The number of hydrogen-bond donors (Lipinski definition) is 2. The van der Waals surface area contributed by atoms with E-state index in [1.807, 2.05) is 0 Å². The Balaban J connectivity index is 2.21. The van der Waals surface area contributed by atoms with Crippen molar-refractivity contribution in [1.29, 1.82) is 0 Å². The summed E-state index contributed by atoms with van der Waals surface area (Å²) in [7, 11) is 0. The predicted octanol–water partition coefficient (Wildman–Crippen LogP) is 1.52. The summed E-state index contributed by atoms with van der Waals surface area (Å²) in [6, 6.07) is 1.76. The number of rotatable bonds is 1. The average molecular weight is 189 g/mol. The van der Waals surface area contributed by atoms with Crippen LogP contribution >= 0.6 is 0 Å². The standard InChI is InChI=1S/C10H11N3O/c14-10-7-4-5-11-9(7)12-8(13-10)6-2-1-3-6/h4-6H,1-3H2,(H2,11,12,13,14). The normalized spacial score (nSPS) is 17.1. The van der Waals surface area contributed by atoms with Crippen molar-refractivity contribution < 1.29 is 0 Å². The Labute approximate surface area is 80.4 Å². The molecule has 1 saturated carbocycles. The maximum absolute atomic E-state index is 11.6. The summed E-state index contributed by atoms with van der Waals surface area (Å²) in [5, 5.41) is 0.646. The second-order valence-corrected chi connectivity index (χ2v) is 3.82. The molecule has 2 aromatic rings. The van der Waals surface area contributed by atoms with E-state index in [1.54, 1.807) is 12.3 Å². The van der Waals surface area contributed by atoms with Crippen molar-refractivity contribution in [1.82, 2.24) is 15.0 Å². The largest absolute Gasteiger partial charge is 0.346 e. The molecule has 14 heavy (non-hydrogen) atoms. The van der Waals surface area contributed by atoms with Crippen LogP contribution in [-0.4, -0.2) is 15.0 Å². The molecular formula is C10H11N3O. The number of fused-ring (bicyclic) bond motifs is 1. The summed E-state index contributed by atoms with van der Waals surface area (Å²) >= 11 is 0. The zero-order chi connectivity index (χ0) is 9.54. The van der Waals surface area contributed by atoms with Gasteiger partial charge in [-0.1, -0.05) is 6.42 Å². The molecule has 2 heterocycles. The first-order valence-electron chi connectivity index (χ1n) is 4.92. The predicted molar refractivity (Wildman–Crippen MR) is 53.3 cm³/mol. The van der Waals surface area contributed by atoms with E-state index in [1.165, 1.54) is 6.42 Å². The molecule has 2 N–H and O–H groups in total. The SMILES string of the molecule is O=c1[nH]c(C2CCC2)nc2[nH]ccc12. The van der Waals surface area contributed by atoms with Crippen LogP contribution in [0.1, 0.15) is 31.0 Å². The Morgan fingerprint density at radius 1 is 1.43 bits per heavy atom. The van der Waals surface area contributed by atoms with Crippen LogP contribution in [0.5, 0.6) is 0 Å². The molecule has 0 saturated heterocycles. The van der Waals surface area contributed by atoms with Crippen LogP contribution in [0.25, 0.3) is 11.0 Å². The van der Waals surface area contributed by atoms with E-state index in [4.69, 9.17) is 0 Å². The van der Waals surface area contributed by atoms with Gasteiger partial charge in [0.25, 0.3) is 5.56 Å². The van der Waals surface area contributed by atoms with Crippen molar-refractivity contribution in [3.63, 3.8) is 0 Å². The Bertz CT molecular complexity index is 521. The fourth-order valence-corrected chi connectivity index (χ4v) is 1.84. The average Bonchev–Trinajstić information content (AvgIpc) is 2.48. The first-order valence-corrected chi connectivity index (χ1v) is 4.92. The van der Waals surface area contributed by atoms with Crippen molar-refractivity contribution in [2.75, 3.05) is 0 Å². The van der Waals surface area contributed by atoms with Crippen LogP contribution in [0, 0.1) is 0 Å². The molecule has 0 aliphatic heterocycles. The second kappa shape index (κ2) is 2.70. The summed E-state index contributed by atoms with van der Waals surface area (Å²) in [5.74, 6) is 1.31. The van der Waals surface area contributed by atoms with Gasteiger partial charge in [-0.05, 0) is 18.9 Å². The number of aromatic nitrogens is 3. The molecule has 1 aliphatic carbocycles. The van der Waals surface area contributed by atoms with Gasteiger partial charge >= 0.3 is 0 Å². The van der Waals surface area contributed by atoms with Crippen molar-refractivity contribution in [2.24, 2.45) is 0 Å². The minimum absolute atomic E-state index is 0.0295. The van der Waals surface area contributed by atoms with Crippen LogP contribution in [0.15, 0.2) is 17.1 Å². The molecule has 0 amide bonds. The van der Waals surface area contributed by atoms with Gasteiger partial charge in [0.2, 0.25) is 0 Å². The number of hydrogen-bond acceptors (Lipinski definition) is 2. The lowest BCUT2D eigenvalue weighted by Gasteiger charge is -2.23. The Hall–Kier alpha value is -1.58. The molecule has 0 unspecified atom stereocenters. The molecule has 3 rings (SSSR count). The Morgan fingerprint density at radius 2 is 2.29 bits per heavy atom. The van der Waals surface area contributed by atoms with E-state index < -0.39 is 0 Å². The van der Waals surface area contributed by atoms with E-state index >= 15 is 0 Å². The first-order chi connectivity index (χ1) is 6.84. The lowest BCUT2D eigenvalue weighted by Crippen LogP contribution is -2.18. The summed E-state index contributed by atoms with van der Waals surface area (Å²) < 4.78 is 0. The van der Waals surface area contributed by atoms with Crippen molar-refractivity contribution in [2.45, 2.75) is 25.2 Å². The lowest BCUT2D eigenvalue weighted by atomic mass is 9.85. The van der Waals surface area contributed by atoms with Gasteiger partial charge < -0.3 is 9.97 Å². The van der Waals surface area contributed by atoms with Crippen LogP contribution in [0.4, 0.5) is 0 Å². The van der Waals surface area contributed by atoms with Crippen LogP contribution in [0.3, 0.4) is 0 Å². The second-order valence-electron chi connectivity index (χ2n) is 3.82. The van der Waals surface area contributed by atoms with E-state index in [2.05, 4.69) is 15.0 Å². The molecule has 1 aliphatic rings. The Kier molecular flexibility index (Phi) is 1.50. The minimum Gasteiger partial charge on any atom is -0.346 e. The van der Waals surface area contributed by atoms with E-state index in [0.29, 0.717) is 17.0 Å². The Morgan fingerprint density at radius 3 is 3.00 bits per heavy atom. The highest BCUT2D eigenvalue weighted by Gasteiger charge is 2.22. The van der Waals surface area contributed by atoms with E-state index in [0.717, 1.165) is 18.7 Å². The molecule has 4 heteroatoms. The van der Waals surface area contributed by atoms with Gasteiger partial charge in [0.15, 0.2) is 0 Å². The minimum atomic E-state index is -0.0295. The van der Waals surface area contributed by atoms with Gasteiger partial charge in [0, 0.05) is 12.1 Å². The highest BCUT2D eigenvalue weighted by atomic mass is 16.1. The molecule has 1 fully saturated rings. The van der Waals surface area contributed by atoms with Gasteiger partial charge in [-0.15, -0.1) is 0 Å². The molecule has 0 atom stereocenters. The van der Waals surface area contributed by atoms with Crippen molar-refractivity contribution in [3.8, 4) is 0 Å². The third kappa shape index (κ3) is 0.999. The zero-order valence-corrected chi connectivity index (χ0v) is 7.71. The number of nitrogens with one attached hydrogen (secondary N) is 2. The van der Waals surface area contributed by atoms with Gasteiger partial charge in [0.1, 0.15) is 11.5 Å². The third-order valence-corrected chi connectivity index (χ3v) is 2.94. The van der Waals surface area contributed by atoms with Crippen LogP contribution < -0.4 is 5.56 Å². The summed E-state index contributed by atoms with van der Waals surface area (Å²) in [5.41, 5.74) is 0.675. The molecule has 4 nitrogen and oxygen atoms in total. The topological polar surface area (TPSA) is 61.5 Å². The number of nitrogens with zero attached hydrogens (tertiary/aromatic N) is 1. The van der Waals surface area contributed by atoms with Crippen molar-refractivity contribution in [3.05, 3.63) is 28.4 Å². The van der Waals surface area contributed by atoms with E-state index in [9.17, 15) is 4.79 Å². The fourth-order valence-electron chi connectivity index (χ4n) is 1.84. The summed E-state index contributed by atoms with van der Waals surface area (Å²) in [6.07, 6.45) is 5.29. The van der Waals surface area contributed by atoms with Crippen molar-refractivity contribution >= 4 is 11.0 Å². The van der Waals surface area contributed by atoms with Gasteiger partial charge in [-0.2, -0.15) is 0 Å². The maximum Gasteiger partial charge on any atom is 0.260 e. The molecule has 0 spiro atoms. The van der Waals surface area contributed by atoms with Crippen LogP contribution in [0.2, 0.25) is 0 Å².